The monoisotopic (exact) mass is 400 g/mol. The lowest BCUT2D eigenvalue weighted by molar-refractivity contribution is 0.430. The van der Waals surface area contributed by atoms with Crippen molar-refractivity contribution in [3.63, 3.8) is 0 Å². The Morgan fingerprint density at radius 2 is 2.12 bits per heavy atom. The normalized spacial score (nSPS) is 14.7. The molecule has 0 radical (unpaired) electrons. The molecule has 2 aromatic rings. The highest BCUT2D eigenvalue weighted by atomic mass is 32.2. The highest BCUT2D eigenvalue weighted by Gasteiger charge is 2.23. The fraction of sp³-hybridized carbons (Fsp3) is 0.200. The van der Waals surface area contributed by atoms with Crippen LogP contribution < -0.4 is 4.90 Å². The summed E-state index contributed by atoms with van der Waals surface area (Å²) in [4.78, 5) is 4.34. The lowest BCUT2D eigenvalue weighted by Crippen LogP contribution is -2.16. The first-order chi connectivity index (χ1) is 12.5. The van der Waals surface area contributed by atoms with Gasteiger partial charge in [0, 0.05) is 24.6 Å². The van der Waals surface area contributed by atoms with Gasteiger partial charge in [-0.3, -0.25) is 4.57 Å². The van der Waals surface area contributed by atoms with Crippen LogP contribution in [0, 0.1) is 10.9 Å². The zero-order valence-corrected chi connectivity index (χ0v) is 17.3. The van der Waals surface area contributed by atoms with Crippen LogP contribution in [-0.4, -0.2) is 16.2 Å². The number of thioether (sulfide) groups is 1. The van der Waals surface area contributed by atoms with Crippen LogP contribution in [0.2, 0.25) is 0 Å². The summed E-state index contributed by atoms with van der Waals surface area (Å²) in [6.07, 6.45) is 9.63. The van der Waals surface area contributed by atoms with Crippen LogP contribution in [0.4, 0.5) is 5.69 Å². The van der Waals surface area contributed by atoms with Crippen LogP contribution in [0.1, 0.15) is 17.4 Å². The van der Waals surface area contributed by atoms with Crippen molar-refractivity contribution in [2.24, 2.45) is 7.05 Å². The minimum Gasteiger partial charge on any atom is -0.493 e. The molecule has 0 saturated heterocycles. The summed E-state index contributed by atoms with van der Waals surface area (Å²) in [6.45, 7) is 5.23. The fourth-order valence-corrected chi connectivity index (χ4v) is 4.83. The third-order valence-electron chi connectivity index (χ3n) is 3.97. The number of aromatic hydroxyl groups is 1. The van der Waals surface area contributed by atoms with E-state index in [0.717, 1.165) is 11.4 Å². The molecule has 0 amide bonds. The van der Waals surface area contributed by atoms with Crippen molar-refractivity contribution < 1.29 is 5.11 Å². The van der Waals surface area contributed by atoms with Gasteiger partial charge in [-0.1, -0.05) is 30.0 Å². The Morgan fingerprint density at radius 3 is 2.81 bits per heavy atom. The Kier molecular flexibility index (Phi) is 5.89. The molecule has 1 aromatic carbocycles. The van der Waals surface area contributed by atoms with Crippen molar-refractivity contribution in [2.75, 3.05) is 11.4 Å². The summed E-state index contributed by atoms with van der Waals surface area (Å²) in [7, 11) is 1.75. The number of rotatable bonds is 4. The van der Waals surface area contributed by atoms with E-state index in [1.807, 2.05) is 18.2 Å². The SMILES string of the molecule is CCN1C(=CC=CC=C=Cc2sc(=S)n(C)c2O)Sc2ccc(C)cc21. The van der Waals surface area contributed by atoms with Gasteiger partial charge in [0.1, 0.15) is 0 Å². The van der Waals surface area contributed by atoms with Crippen LogP contribution in [0.3, 0.4) is 0 Å². The van der Waals surface area contributed by atoms with Gasteiger partial charge in [-0.2, -0.15) is 0 Å². The van der Waals surface area contributed by atoms with Gasteiger partial charge < -0.3 is 10.0 Å². The van der Waals surface area contributed by atoms with Crippen molar-refractivity contribution in [1.82, 2.24) is 4.57 Å². The van der Waals surface area contributed by atoms with Crippen LogP contribution in [0.25, 0.3) is 6.08 Å². The Morgan fingerprint density at radius 1 is 1.31 bits per heavy atom. The molecule has 0 atom stereocenters. The predicted octanol–water partition coefficient (Wildman–Crippen LogP) is 6.03. The molecule has 1 N–H and O–H groups in total. The summed E-state index contributed by atoms with van der Waals surface area (Å²) >= 11 is 8.30. The number of hydrogen-bond acceptors (Lipinski definition) is 5. The van der Waals surface area contributed by atoms with Crippen molar-refractivity contribution in [3.8, 4) is 5.88 Å². The molecule has 134 valence electrons. The number of aromatic nitrogens is 1. The standard InChI is InChI=1S/C20H20N2OS3/c1-4-22-15-13-14(2)11-12-16(15)25-18(22)10-8-6-5-7-9-17-19(23)21(3)20(24)26-17/h5-6,8-13,23H,4H2,1-3H3. The smallest absolute Gasteiger partial charge is 0.210 e. The topological polar surface area (TPSA) is 28.4 Å². The molecular formula is C20H20N2OS3. The van der Waals surface area contributed by atoms with Gasteiger partial charge in [-0.05, 0) is 55.9 Å². The average molecular weight is 401 g/mol. The molecule has 3 nitrogen and oxygen atoms in total. The maximum atomic E-state index is 9.91. The average Bonchev–Trinajstić information content (AvgIpc) is 3.09. The summed E-state index contributed by atoms with van der Waals surface area (Å²) in [5.74, 6) is 0.181. The van der Waals surface area contributed by atoms with E-state index in [4.69, 9.17) is 12.2 Å². The van der Waals surface area contributed by atoms with Crippen LogP contribution in [0.15, 0.2) is 58.2 Å². The molecule has 0 spiro atoms. The summed E-state index contributed by atoms with van der Waals surface area (Å²) in [5.41, 5.74) is 5.63. The number of anilines is 1. The summed E-state index contributed by atoms with van der Waals surface area (Å²) in [5, 5.41) is 11.1. The van der Waals surface area contributed by atoms with Crippen LogP contribution in [-0.2, 0) is 7.05 Å². The number of thiazole rings is 1. The van der Waals surface area contributed by atoms with Gasteiger partial charge in [-0.15, -0.1) is 17.1 Å². The lowest BCUT2D eigenvalue weighted by Gasteiger charge is -2.17. The zero-order valence-electron chi connectivity index (χ0n) is 14.9. The van der Waals surface area contributed by atoms with E-state index in [9.17, 15) is 5.11 Å². The van der Waals surface area contributed by atoms with Gasteiger partial charge in [0.2, 0.25) is 5.88 Å². The Hall–Kier alpha value is -1.98. The second-order valence-corrected chi connectivity index (χ2v) is 8.54. The summed E-state index contributed by atoms with van der Waals surface area (Å²) < 4.78 is 2.23. The molecule has 1 aliphatic heterocycles. The minimum absolute atomic E-state index is 0.181. The highest BCUT2D eigenvalue weighted by Crippen LogP contribution is 2.46. The number of nitrogens with zero attached hydrogens (tertiary/aromatic N) is 2. The number of allylic oxidation sites excluding steroid dienone is 4. The second kappa shape index (κ2) is 8.14. The van der Waals surface area contributed by atoms with Crippen molar-refractivity contribution >= 4 is 47.1 Å². The third-order valence-corrected chi connectivity index (χ3v) is 6.59. The largest absolute Gasteiger partial charge is 0.493 e. The molecule has 26 heavy (non-hydrogen) atoms. The van der Waals surface area contributed by atoms with E-state index in [1.165, 1.54) is 32.5 Å². The second-order valence-electron chi connectivity index (χ2n) is 5.80. The van der Waals surface area contributed by atoms with Crippen molar-refractivity contribution in [2.45, 2.75) is 18.7 Å². The number of hydrogen-bond donors (Lipinski definition) is 1. The lowest BCUT2D eigenvalue weighted by atomic mass is 10.2. The fourth-order valence-electron chi connectivity index (χ4n) is 2.59. The van der Waals surface area contributed by atoms with Gasteiger partial charge in [0.05, 0.1) is 15.6 Å². The minimum atomic E-state index is 0.181. The van der Waals surface area contributed by atoms with E-state index < -0.39 is 0 Å². The summed E-state index contributed by atoms with van der Waals surface area (Å²) in [6, 6.07) is 6.58. The first-order valence-corrected chi connectivity index (χ1v) is 10.3. The predicted molar refractivity (Wildman–Crippen MR) is 116 cm³/mol. The van der Waals surface area contributed by atoms with Crippen molar-refractivity contribution in [1.29, 1.82) is 0 Å². The third kappa shape index (κ3) is 3.89. The highest BCUT2D eigenvalue weighted by molar-refractivity contribution is 8.03. The van der Waals surface area contributed by atoms with Gasteiger partial charge in [0.15, 0.2) is 3.95 Å². The van der Waals surface area contributed by atoms with Crippen LogP contribution >= 0.6 is 35.3 Å². The molecular weight excluding hydrogens is 380 g/mol. The molecule has 0 bridgehead atoms. The molecule has 6 heteroatoms. The first-order valence-electron chi connectivity index (χ1n) is 8.25. The number of fused-ring (bicyclic) bond motifs is 1. The molecule has 1 aliphatic rings. The molecule has 0 saturated carbocycles. The van der Waals surface area contributed by atoms with E-state index in [-0.39, 0.29) is 5.88 Å². The van der Waals surface area contributed by atoms with Crippen LogP contribution in [0.5, 0.6) is 5.88 Å². The van der Waals surface area contributed by atoms with Crippen molar-refractivity contribution in [3.05, 3.63) is 67.7 Å². The van der Waals surface area contributed by atoms with Gasteiger partial charge in [-0.25, -0.2) is 0 Å². The van der Waals surface area contributed by atoms with E-state index in [0.29, 0.717) is 3.95 Å². The molecule has 0 fully saturated rings. The molecule has 1 aromatic heterocycles. The number of aryl methyl sites for hydroxylation is 1. The zero-order chi connectivity index (χ0) is 18.7. The maximum absolute atomic E-state index is 9.91. The quantitative estimate of drug-likeness (QED) is 0.385. The van der Waals surface area contributed by atoms with E-state index in [2.05, 4.69) is 48.8 Å². The molecule has 0 unspecified atom stereocenters. The maximum Gasteiger partial charge on any atom is 0.210 e. The molecule has 3 rings (SSSR count). The Bertz CT molecular complexity index is 1000. The van der Waals surface area contributed by atoms with E-state index in [1.54, 1.807) is 29.5 Å². The number of benzene rings is 1. The molecule has 2 heterocycles. The Labute approximate surface area is 167 Å². The van der Waals surface area contributed by atoms with Gasteiger partial charge in [0.25, 0.3) is 0 Å². The first kappa shape index (κ1) is 18.8. The van der Waals surface area contributed by atoms with Gasteiger partial charge >= 0.3 is 0 Å². The molecule has 0 aliphatic carbocycles. The Balaban J connectivity index is 1.72. The van der Waals surface area contributed by atoms with E-state index >= 15 is 0 Å².